The lowest BCUT2D eigenvalue weighted by Crippen LogP contribution is -2.26. The minimum Gasteiger partial charge on any atom is -0.341 e. The van der Waals surface area contributed by atoms with Crippen molar-refractivity contribution < 1.29 is 0 Å². The number of hydrogen-bond acceptors (Lipinski definition) is 5. The van der Waals surface area contributed by atoms with Gasteiger partial charge in [-0.3, -0.25) is 9.78 Å². The monoisotopic (exact) mass is 367 g/mol. The second-order valence-corrected chi connectivity index (χ2v) is 8.38. The fourth-order valence-corrected chi connectivity index (χ4v) is 4.02. The molecule has 0 saturated carbocycles. The van der Waals surface area contributed by atoms with Gasteiger partial charge < -0.3 is 4.90 Å². The third kappa shape index (κ3) is 2.78. The average Bonchev–Trinajstić information content (AvgIpc) is 3.19. The summed E-state index contributed by atoms with van der Waals surface area (Å²) in [6.07, 6.45) is 1.59. The largest absolute Gasteiger partial charge is 0.341 e. The first-order valence-corrected chi connectivity index (χ1v) is 9.37. The number of benzene rings is 1. The third-order valence-corrected chi connectivity index (χ3v) is 5.40. The predicted molar refractivity (Wildman–Crippen MR) is 107 cm³/mol. The van der Waals surface area contributed by atoms with Crippen LogP contribution in [-0.4, -0.2) is 26.8 Å². The Kier molecular flexibility index (Phi) is 3.84. The zero-order chi connectivity index (χ0) is 18.5. The second kappa shape index (κ2) is 5.95. The first kappa shape index (κ1) is 16.8. The maximum Gasteiger partial charge on any atom is 0.263 e. The van der Waals surface area contributed by atoms with Crippen LogP contribution in [-0.2, 0) is 12.1 Å². The van der Waals surface area contributed by atoms with Crippen molar-refractivity contribution in [2.45, 2.75) is 32.9 Å². The third-order valence-electron chi connectivity index (χ3n) is 4.39. The fraction of sp³-hybridized carbons (Fsp3) is 0.316. The number of thiophene rings is 1. The summed E-state index contributed by atoms with van der Waals surface area (Å²) in [5.74, 6) is 0.545. The summed E-state index contributed by atoms with van der Waals surface area (Å²) in [5, 5.41) is 8.28. The Morgan fingerprint density at radius 2 is 2.00 bits per heavy atom. The average molecular weight is 367 g/mol. The Morgan fingerprint density at radius 1 is 1.23 bits per heavy atom. The molecule has 0 aliphatic heterocycles. The van der Waals surface area contributed by atoms with Gasteiger partial charge >= 0.3 is 0 Å². The van der Waals surface area contributed by atoms with E-state index in [-0.39, 0.29) is 11.1 Å². The number of aromatic nitrogens is 4. The van der Waals surface area contributed by atoms with Crippen molar-refractivity contribution in [1.29, 1.82) is 0 Å². The van der Waals surface area contributed by atoms with E-state index in [0.29, 0.717) is 23.5 Å². The highest BCUT2D eigenvalue weighted by molar-refractivity contribution is 7.17. The van der Waals surface area contributed by atoms with Gasteiger partial charge in [0.15, 0.2) is 5.65 Å². The molecule has 0 aliphatic rings. The number of rotatable bonds is 3. The number of anilines is 1. The summed E-state index contributed by atoms with van der Waals surface area (Å²) in [5.41, 5.74) is 1.42. The summed E-state index contributed by atoms with van der Waals surface area (Å²) in [6, 6.07) is 8.35. The van der Waals surface area contributed by atoms with Crippen molar-refractivity contribution in [3.63, 3.8) is 0 Å². The highest BCUT2D eigenvalue weighted by atomic mass is 32.1. The van der Waals surface area contributed by atoms with Crippen molar-refractivity contribution in [3.8, 4) is 0 Å². The molecule has 4 rings (SSSR count). The summed E-state index contributed by atoms with van der Waals surface area (Å²) >= 11 is 1.73. The Bertz CT molecular complexity index is 1150. The van der Waals surface area contributed by atoms with Crippen LogP contribution < -0.4 is 10.5 Å². The molecule has 4 aromatic rings. The zero-order valence-electron chi connectivity index (χ0n) is 15.3. The minimum atomic E-state index is -0.248. The molecule has 3 aromatic heterocycles. The Morgan fingerprint density at radius 3 is 2.77 bits per heavy atom. The normalized spacial score (nSPS) is 12.2. The minimum absolute atomic E-state index is 0.164. The van der Waals surface area contributed by atoms with Gasteiger partial charge in [0.25, 0.3) is 5.56 Å². The second-order valence-electron chi connectivity index (χ2n) is 7.47. The lowest BCUT2D eigenvalue weighted by molar-refractivity contribution is 0.366. The van der Waals surface area contributed by atoms with Crippen LogP contribution in [0.3, 0.4) is 0 Å². The van der Waals surface area contributed by atoms with Crippen LogP contribution in [0.25, 0.3) is 21.1 Å². The maximum atomic E-state index is 12.5. The topological polar surface area (TPSA) is 66.8 Å². The Labute approximate surface area is 155 Å². The van der Waals surface area contributed by atoms with E-state index >= 15 is 0 Å². The van der Waals surface area contributed by atoms with Crippen LogP contribution in [0.2, 0.25) is 0 Å². The smallest absolute Gasteiger partial charge is 0.263 e. The van der Waals surface area contributed by atoms with Crippen LogP contribution in [0.5, 0.6) is 0 Å². The molecule has 1 N–H and O–H groups in total. The van der Waals surface area contributed by atoms with Crippen LogP contribution in [0.15, 0.2) is 40.6 Å². The highest BCUT2D eigenvalue weighted by Gasteiger charge is 2.20. The van der Waals surface area contributed by atoms with E-state index in [0.717, 1.165) is 0 Å². The van der Waals surface area contributed by atoms with Gasteiger partial charge in [-0.05, 0) is 43.2 Å². The molecular formula is C19H21N5OS. The van der Waals surface area contributed by atoms with Crippen molar-refractivity contribution in [2.24, 2.45) is 0 Å². The van der Waals surface area contributed by atoms with Gasteiger partial charge in [0.05, 0.1) is 11.7 Å². The molecule has 1 aromatic carbocycles. The number of nitrogens with one attached hydrogen (secondary N) is 1. The molecule has 0 saturated heterocycles. The quantitative estimate of drug-likeness (QED) is 0.599. The van der Waals surface area contributed by atoms with E-state index in [4.69, 9.17) is 4.98 Å². The molecule has 0 aliphatic carbocycles. The van der Waals surface area contributed by atoms with Gasteiger partial charge in [-0.1, -0.05) is 18.2 Å². The van der Waals surface area contributed by atoms with Crippen LogP contribution in [0, 0.1) is 0 Å². The summed E-state index contributed by atoms with van der Waals surface area (Å²) in [6.45, 7) is 6.80. The molecule has 0 radical (unpaired) electrons. The molecule has 0 bridgehead atoms. The van der Waals surface area contributed by atoms with Crippen molar-refractivity contribution in [1.82, 2.24) is 19.7 Å². The number of aromatic amines is 1. The van der Waals surface area contributed by atoms with Crippen molar-refractivity contribution in [3.05, 3.63) is 51.8 Å². The molecule has 134 valence electrons. The lowest BCUT2D eigenvalue weighted by Gasteiger charge is -2.21. The number of fused-ring (bicyclic) bond motifs is 2. The Balaban J connectivity index is 1.75. The van der Waals surface area contributed by atoms with Gasteiger partial charge in [0, 0.05) is 18.3 Å². The summed E-state index contributed by atoms with van der Waals surface area (Å²) < 4.78 is 3.06. The van der Waals surface area contributed by atoms with Crippen LogP contribution >= 0.6 is 11.3 Å². The van der Waals surface area contributed by atoms with Gasteiger partial charge in [-0.15, -0.1) is 11.3 Å². The predicted octanol–water partition coefficient (Wildman–Crippen LogP) is 3.73. The molecule has 0 unspecified atom stereocenters. The molecule has 3 heterocycles. The molecule has 7 heteroatoms. The van der Waals surface area contributed by atoms with E-state index in [2.05, 4.69) is 27.6 Å². The molecular weight excluding hydrogens is 346 g/mol. The van der Waals surface area contributed by atoms with Gasteiger partial charge in [-0.2, -0.15) is 10.1 Å². The van der Waals surface area contributed by atoms with Gasteiger partial charge in [0.2, 0.25) is 5.95 Å². The standard InChI is InChI=1S/C19H21N5OS/c1-19(2,3)24-16-14(9-20-24)17(25)22-18(21-16)23(4)10-12-11-26-15-8-6-5-7-13(12)15/h5-9,11H,10H2,1-4H3,(H,21,22,25). The number of nitrogens with zero attached hydrogens (tertiary/aromatic N) is 4. The first-order chi connectivity index (χ1) is 12.3. The number of hydrogen-bond donors (Lipinski definition) is 1. The fourth-order valence-electron chi connectivity index (χ4n) is 3.06. The molecule has 6 nitrogen and oxygen atoms in total. The van der Waals surface area contributed by atoms with E-state index < -0.39 is 0 Å². The molecule has 0 atom stereocenters. The van der Waals surface area contributed by atoms with Crippen LogP contribution in [0.1, 0.15) is 26.3 Å². The van der Waals surface area contributed by atoms with E-state index in [9.17, 15) is 4.79 Å². The van der Waals surface area contributed by atoms with Gasteiger partial charge in [-0.25, -0.2) is 4.68 Å². The van der Waals surface area contributed by atoms with Crippen molar-refractivity contribution in [2.75, 3.05) is 11.9 Å². The summed E-state index contributed by atoms with van der Waals surface area (Å²) in [4.78, 5) is 22.0. The molecule has 0 amide bonds. The lowest BCUT2D eigenvalue weighted by atomic mass is 10.1. The zero-order valence-corrected chi connectivity index (χ0v) is 16.1. The van der Waals surface area contributed by atoms with Crippen molar-refractivity contribution >= 4 is 38.4 Å². The number of H-pyrrole nitrogens is 1. The van der Waals surface area contributed by atoms with Crippen LogP contribution in [0.4, 0.5) is 5.95 Å². The first-order valence-electron chi connectivity index (χ1n) is 8.49. The van der Waals surface area contributed by atoms with Gasteiger partial charge in [0.1, 0.15) is 5.39 Å². The molecule has 0 fully saturated rings. The van der Waals surface area contributed by atoms with E-state index in [1.54, 1.807) is 22.2 Å². The highest BCUT2D eigenvalue weighted by Crippen LogP contribution is 2.27. The maximum absolute atomic E-state index is 12.5. The molecule has 26 heavy (non-hydrogen) atoms. The molecule has 0 spiro atoms. The summed E-state index contributed by atoms with van der Waals surface area (Å²) in [7, 11) is 1.94. The SMILES string of the molecule is CN(Cc1csc2ccccc12)c1nc2c(cnn2C(C)(C)C)c(=O)[nH]1. The Hall–Kier alpha value is -2.67. The van der Waals surface area contributed by atoms with E-state index in [1.165, 1.54) is 15.6 Å². The van der Waals surface area contributed by atoms with E-state index in [1.807, 2.05) is 44.9 Å².